The normalized spacial score (nSPS) is 22.8. The van der Waals surface area contributed by atoms with Crippen molar-refractivity contribution in [1.29, 1.82) is 0 Å². The van der Waals surface area contributed by atoms with Crippen LogP contribution in [-0.4, -0.2) is 23.8 Å². The molecule has 1 N–H and O–H groups in total. The minimum Gasteiger partial charge on any atom is -0.468 e. The highest BCUT2D eigenvalue weighted by atomic mass is 35.5. The SMILES string of the molecule is C=C1NC2=C(C(=O)CC(c3ccccc3Cl)C2)C(c2cccc([N+](=O)[O-])c2)C1C(=O)OC. The molecule has 0 fully saturated rings. The van der Waals surface area contributed by atoms with Gasteiger partial charge in [-0.1, -0.05) is 48.5 Å². The molecule has 2 aliphatic rings. The maximum Gasteiger partial charge on any atom is 0.315 e. The molecule has 2 aromatic rings. The fourth-order valence-electron chi connectivity index (χ4n) is 4.67. The first-order chi connectivity index (χ1) is 15.3. The summed E-state index contributed by atoms with van der Waals surface area (Å²) in [5, 5.41) is 15.1. The first-order valence-corrected chi connectivity index (χ1v) is 10.5. The fourth-order valence-corrected chi connectivity index (χ4v) is 4.96. The number of esters is 1. The van der Waals surface area contributed by atoms with E-state index >= 15 is 0 Å². The van der Waals surface area contributed by atoms with Crippen LogP contribution in [0.25, 0.3) is 0 Å². The van der Waals surface area contributed by atoms with Crippen molar-refractivity contribution in [2.75, 3.05) is 7.11 Å². The van der Waals surface area contributed by atoms with Gasteiger partial charge < -0.3 is 10.1 Å². The number of hydrogen-bond donors (Lipinski definition) is 1. The molecule has 0 saturated carbocycles. The monoisotopic (exact) mass is 452 g/mol. The number of methoxy groups -OCH3 is 1. The van der Waals surface area contributed by atoms with Crippen LogP contribution < -0.4 is 5.32 Å². The van der Waals surface area contributed by atoms with Crippen LogP contribution in [0.1, 0.15) is 35.8 Å². The lowest BCUT2D eigenvalue weighted by molar-refractivity contribution is -0.384. The topological polar surface area (TPSA) is 98.5 Å². The number of non-ortho nitro benzene ring substituents is 1. The minimum atomic E-state index is -0.887. The van der Waals surface area contributed by atoms with Crippen LogP contribution in [0.2, 0.25) is 5.02 Å². The van der Waals surface area contributed by atoms with E-state index in [0.29, 0.717) is 34.0 Å². The van der Waals surface area contributed by atoms with E-state index in [2.05, 4.69) is 11.9 Å². The average Bonchev–Trinajstić information content (AvgIpc) is 2.77. The Bertz CT molecular complexity index is 1170. The molecule has 0 bridgehead atoms. The number of nitrogens with one attached hydrogen (secondary N) is 1. The predicted octanol–water partition coefficient (Wildman–Crippen LogP) is 4.64. The molecule has 4 rings (SSSR count). The summed E-state index contributed by atoms with van der Waals surface area (Å²) >= 11 is 6.37. The molecule has 0 saturated heterocycles. The van der Waals surface area contributed by atoms with Crippen LogP contribution in [0.5, 0.6) is 0 Å². The minimum absolute atomic E-state index is 0.116. The van der Waals surface area contributed by atoms with Crippen LogP contribution in [0.15, 0.2) is 72.1 Å². The molecule has 0 aromatic heterocycles. The number of benzene rings is 2. The Morgan fingerprint density at radius 3 is 2.66 bits per heavy atom. The molecule has 3 atom stereocenters. The molecular formula is C24H21ClN2O5. The van der Waals surface area contributed by atoms with Gasteiger partial charge in [-0.2, -0.15) is 0 Å². The number of ketones is 1. The highest BCUT2D eigenvalue weighted by molar-refractivity contribution is 6.31. The molecule has 2 aromatic carbocycles. The van der Waals surface area contributed by atoms with E-state index in [0.717, 1.165) is 5.56 Å². The third-order valence-corrected chi connectivity index (χ3v) is 6.42. The second-order valence-electron chi connectivity index (χ2n) is 7.92. The van der Waals surface area contributed by atoms with Crippen LogP contribution in [0.3, 0.4) is 0 Å². The summed E-state index contributed by atoms with van der Waals surface area (Å²) in [4.78, 5) is 37.0. The van der Waals surface area contributed by atoms with Gasteiger partial charge in [0.25, 0.3) is 5.69 Å². The summed E-state index contributed by atoms with van der Waals surface area (Å²) in [5.41, 5.74) is 2.75. The number of Topliss-reactive ketones (excluding diaryl/α,β-unsaturated/α-hetero) is 1. The quantitative estimate of drug-likeness (QED) is 0.412. The molecule has 1 heterocycles. The van der Waals surface area contributed by atoms with Crippen LogP contribution in [-0.2, 0) is 14.3 Å². The maximum atomic E-state index is 13.4. The van der Waals surface area contributed by atoms with Gasteiger partial charge in [-0.05, 0) is 29.5 Å². The van der Waals surface area contributed by atoms with Crippen molar-refractivity contribution in [2.45, 2.75) is 24.7 Å². The number of allylic oxidation sites excluding steroid dienone is 2. The van der Waals surface area contributed by atoms with Gasteiger partial charge in [0.05, 0.1) is 12.0 Å². The van der Waals surface area contributed by atoms with E-state index < -0.39 is 22.7 Å². The summed E-state index contributed by atoms with van der Waals surface area (Å²) < 4.78 is 4.99. The number of ether oxygens (including phenoxy) is 1. The first-order valence-electron chi connectivity index (χ1n) is 10.1. The van der Waals surface area contributed by atoms with Crippen molar-refractivity contribution in [3.8, 4) is 0 Å². The van der Waals surface area contributed by atoms with Crippen LogP contribution >= 0.6 is 11.6 Å². The zero-order chi connectivity index (χ0) is 23.0. The van der Waals surface area contributed by atoms with Crippen molar-refractivity contribution in [1.82, 2.24) is 5.32 Å². The predicted molar refractivity (Wildman–Crippen MR) is 119 cm³/mol. The zero-order valence-electron chi connectivity index (χ0n) is 17.3. The van der Waals surface area contributed by atoms with E-state index in [1.807, 2.05) is 18.2 Å². The van der Waals surface area contributed by atoms with Crippen LogP contribution in [0, 0.1) is 16.0 Å². The molecule has 0 radical (unpaired) electrons. The fraction of sp³-hybridized carbons (Fsp3) is 0.250. The molecule has 164 valence electrons. The Morgan fingerprint density at radius 1 is 1.22 bits per heavy atom. The van der Waals surface area contributed by atoms with Gasteiger partial charge in [-0.15, -0.1) is 0 Å². The highest BCUT2D eigenvalue weighted by Gasteiger charge is 2.45. The number of nitro benzene ring substituents is 1. The van der Waals surface area contributed by atoms with Gasteiger partial charge in [-0.25, -0.2) is 0 Å². The molecule has 3 unspecified atom stereocenters. The number of carbonyl (C=O) groups is 2. The first kappa shape index (κ1) is 21.8. The second kappa shape index (κ2) is 8.59. The second-order valence-corrected chi connectivity index (χ2v) is 8.33. The number of nitro groups is 1. The van der Waals surface area contributed by atoms with Crippen LogP contribution in [0.4, 0.5) is 5.69 Å². The van der Waals surface area contributed by atoms with Gasteiger partial charge in [-0.3, -0.25) is 19.7 Å². The smallest absolute Gasteiger partial charge is 0.315 e. The molecule has 32 heavy (non-hydrogen) atoms. The largest absolute Gasteiger partial charge is 0.468 e. The van der Waals surface area contributed by atoms with Crippen molar-refractivity contribution in [2.24, 2.45) is 5.92 Å². The summed E-state index contributed by atoms with van der Waals surface area (Å²) in [6.45, 7) is 4.01. The van der Waals surface area contributed by atoms with Crippen molar-refractivity contribution in [3.05, 3.63) is 98.3 Å². The van der Waals surface area contributed by atoms with Crippen molar-refractivity contribution >= 4 is 29.0 Å². The van der Waals surface area contributed by atoms with E-state index in [1.54, 1.807) is 18.2 Å². The molecular weight excluding hydrogens is 432 g/mol. The van der Waals surface area contributed by atoms with Gasteiger partial charge in [0.15, 0.2) is 5.78 Å². The lowest BCUT2D eigenvalue weighted by atomic mass is 9.69. The number of hydrogen-bond acceptors (Lipinski definition) is 6. The van der Waals surface area contributed by atoms with E-state index in [9.17, 15) is 19.7 Å². The van der Waals surface area contributed by atoms with E-state index in [-0.39, 0.29) is 23.8 Å². The standard InChI is InChI=1S/C24H21ClN2O5/c1-13-21(24(29)32-2)22(14-6-5-7-16(10-14)27(30)31)23-19(26-13)11-15(12-20(23)28)17-8-3-4-9-18(17)25/h3-10,15,21-22,26H,1,11-12H2,2H3. The summed E-state index contributed by atoms with van der Waals surface area (Å²) in [5.74, 6) is -2.45. The third-order valence-electron chi connectivity index (χ3n) is 6.08. The Hall–Kier alpha value is -3.45. The lowest BCUT2D eigenvalue weighted by Gasteiger charge is -2.40. The van der Waals surface area contributed by atoms with Gasteiger partial charge in [0.1, 0.15) is 5.92 Å². The highest BCUT2D eigenvalue weighted by Crippen LogP contribution is 2.48. The third kappa shape index (κ3) is 3.80. The number of halogens is 1. The average molecular weight is 453 g/mol. The van der Waals surface area contributed by atoms with Gasteiger partial charge >= 0.3 is 5.97 Å². The number of rotatable bonds is 4. The molecule has 8 heteroatoms. The summed E-state index contributed by atoms with van der Waals surface area (Å²) in [6.07, 6.45) is 0.721. The molecule has 7 nitrogen and oxygen atoms in total. The van der Waals surface area contributed by atoms with E-state index in [1.165, 1.54) is 19.2 Å². The maximum absolute atomic E-state index is 13.4. The zero-order valence-corrected chi connectivity index (χ0v) is 18.1. The Morgan fingerprint density at radius 2 is 1.97 bits per heavy atom. The van der Waals surface area contributed by atoms with Crippen molar-refractivity contribution < 1.29 is 19.2 Å². The molecule has 0 spiro atoms. The lowest BCUT2D eigenvalue weighted by Crippen LogP contribution is -2.42. The van der Waals surface area contributed by atoms with Gasteiger partial charge in [0, 0.05) is 46.5 Å². The summed E-state index contributed by atoms with van der Waals surface area (Å²) in [7, 11) is 1.26. The van der Waals surface area contributed by atoms with E-state index in [4.69, 9.17) is 16.3 Å². The Kier molecular flexibility index (Phi) is 5.84. The Labute approximate surface area is 189 Å². The van der Waals surface area contributed by atoms with Gasteiger partial charge in [0.2, 0.25) is 0 Å². The summed E-state index contributed by atoms with van der Waals surface area (Å²) in [6, 6.07) is 13.4. The molecule has 0 amide bonds. The number of carbonyl (C=O) groups excluding carboxylic acids is 2. The Balaban J connectivity index is 1.84. The number of nitrogens with zero attached hydrogens (tertiary/aromatic N) is 1. The van der Waals surface area contributed by atoms with Crippen molar-refractivity contribution in [3.63, 3.8) is 0 Å². The molecule has 1 aliphatic heterocycles. The molecule has 1 aliphatic carbocycles.